The molecule has 1 aromatic carbocycles. The number of anilines is 1. The van der Waals surface area contributed by atoms with E-state index in [9.17, 15) is 5.11 Å². The fourth-order valence-electron chi connectivity index (χ4n) is 3.09. The normalized spacial score (nSPS) is 18.7. The highest BCUT2D eigenvalue weighted by atomic mass is 16.3. The molecule has 0 unspecified atom stereocenters. The molecule has 2 aromatic rings. The van der Waals surface area contributed by atoms with E-state index >= 15 is 0 Å². The van der Waals surface area contributed by atoms with E-state index in [0.717, 1.165) is 16.8 Å². The van der Waals surface area contributed by atoms with Crippen molar-refractivity contribution in [1.82, 2.24) is 15.0 Å². The Hall–Kier alpha value is -2.34. The van der Waals surface area contributed by atoms with Crippen LogP contribution >= 0.6 is 0 Å². The molecule has 136 valence electrons. The van der Waals surface area contributed by atoms with Crippen LogP contribution in [0.4, 0.5) is 11.9 Å². The molecule has 0 bridgehead atoms. The lowest BCUT2D eigenvalue weighted by Gasteiger charge is -2.13. The van der Waals surface area contributed by atoms with E-state index in [2.05, 4.69) is 32.2 Å². The van der Waals surface area contributed by atoms with E-state index < -0.39 is 0 Å². The fourth-order valence-corrected chi connectivity index (χ4v) is 3.09. The zero-order valence-corrected chi connectivity index (χ0v) is 15.3. The molecular formula is C20H25N5O. The summed E-state index contributed by atoms with van der Waals surface area (Å²) in [5.74, 6) is 2.90. The van der Waals surface area contributed by atoms with Gasteiger partial charge in [0.25, 0.3) is 5.95 Å². The standard InChI is InChI=1S/C20H25N5O/c1-12(15-6-7-15)21-19-23-18(17-5-3-4-14(10-17)11-26)24-20(25-19)22-13(2)16-8-9-16/h3-5,10,12,15-16,26H,6-9,11H2,1-2H3,(H,21,23,24,25)/b22-13+/t12-/m1/s1. The van der Waals surface area contributed by atoms with Crippen LogP contribution in [-0.4, -0.2) is 31.8 Å². The summed E-state index contributed by atoms with van der Waals surface area (Å²) in [6.45, 7) is 4.22. The van der Waals surface area contributed by atoms with Crippen molar-refractivity contribution in [2.45, 2.75) is 52.2 Å². The van der Waals surface area contributed by atoms with Gasteiger partial charge in [0.2, 0.25) is 5.95 Å². The Morgan fingerprint density at radius 1 is 1.23 bits per heavy atom. The van der Waals surface area contributed by atoms with Crippen molar-refractivity contribution in [3.05, 3.63) is 29.8 Å². The summed E-state index contributed by atoms with van der Waals surface area (Å²) >= 11 is 0. The van der Waals surface area contributed by atoms with Gasteiger partial charge in [-0.3, -0.25) is 0 Å². The van der Waals surface area contributed by atoms with Gasteiger partial charge in [-0.2, -0.15) is 15.0 Å². The Bertz CT molecular complexity index is 827. The third-order valence-electron chi connectivity index (χ3n) is 5.12. The molecule has 6 heteroatoms. The molecule has 1 heterocycles. The van der Waals surface area contributed by atoms with Crippen molar-refractivity contribution >= 4 is 17.6 Å². The van der Waals surface area contributed by atoms with E-state index in [4.69, 9.17) is 0 Å². The number of hydrogen-bond donors (Lipinski definition) is 2. The van der Waals surface area contributed by atoms with Crippen LogP contribution in [0.5, 0.6) is 0 Å². The zero-order chi connectivity index (χ0) is 18.1. The molecule has 0 saturated heterocycles. The van der Waals surface area contributed by atoms with Crippen LogP contribution in [0.3, 0.4) is 0 Å². The number of aromatic nitrogens is 3. The molecule has 2 fully saturated rings. The molecule has 2 aliphatic carbocycles. The molecule has 0 aliphatic heterocycles. The van der Waals surface area contributed by atoms with Crippen molar-refractivity contribution in [2.24, 2.45) is 16.8 Å². The molecule has 0 radical (unpaired) electrons. The van der Waals surface area contributed by atoms with Gasteiger partial charge in [0.05, 0.1) is 6.61 Å². The van der Waals surface area contributed by atoms with Crippen molar-refractivity contribution in [3.8, 4) is 11.4 Å². The van der Waals surface area contributed by atoms with Crippen molar-refractivity contribution in [1.29, 1.82) is 0 Å². The topological polar surface area (TPSA) is 83.3 Å². The van der Waals surface area contributed by atoms with Gasteiger partial charge in [0.1, 0.15) is 0 Å². The molecule has 1 aromatic heterocycles. The number of nitrogens with zero attached hydrogens (tertiary/aromatic N) is 4. The molecule has 0 spiro atoms. The third-order valence-corrected chi connectivity index (χ3v) is 5.12. The maximum Gasteiger partial charge on any atom is 0.254 e. The van der Waals surface area contributed by atoms with Crippen LogP contribution in [0.1, 0.15) is 45.1 Å². The third kappa shape index (κ3) is 4.07. The van der Waals surface area contributed by atoms with Gasteiger partial charge >= 0.3 is 0 Å². The molecular weight excluding hydrogens is 326 g/mol. The predicted octanol–water partition coefficient (Wildman–Crippen LogP) is 3.74. The lowest BCUT2D eigenvalue weighted by molar-refractivity contribution is 0.282. The molecule has 2 aliphatic rings. The smallest absolute Gasteiger partial charge is 0.254 e. The fraction of sp³-hybridized carbons (Fsp3) is 0.500. The highest BCUT2D eigenvalue weighted by Gasteiger charge is 2.29. The molecule has 6 nitrogen and oxygen atoms in total. The molecule has 1 atom stereocenters. The summed E-state index contributed by atoms with van der Waals surface area (Å²) in [4.78, 5) is 18.4. The second kappa shape index (κ2) is 7.11. The van der Waals surface area contributed by atoms with Gasteiger partial charge in [-0.25, -0.2) is 4.99 Å². The number of aliphatic hydroxyl groups is 1. The van der Waals surface area contributed by atoms with Gasteiger partial charge in [-0.05, 0) is 63.0 Å². The predicted molar refractivity (Wildman–Crippen MR) is 102 cm³/mol. The zero-order valence-electron chi connectivity index (χ0n) is 15.3. The summed E-state index contributed by atoms with van der Waals surface area (Å²) in [5, 5.41) is 12.8. The Labute approximate surface area is 153 Å². The molecule has 26 heavy (non-hydrogen) atoms. The van der Waals surface area contributed by atoms with Crippen molar-refractivity contribution < 1.29 is 5.11 Å². The van der Waals surface area contributed by atoms with Gasteiger partial charge < -0.3 is 10.4 Å². The van der Waals surface area contributed by atoms with Crippen LogP contribution in [-0.2, 0) is 6.61 Å². The average Bonchev–Trinajstić information content (AvgIpc) is 3.53. The first kappa shape index (κ1) is 17.1. The number of hydrogen-bond acceptors (Lipinski definition) is 6. The molecule has 0 amide bonds. The Kier molecular flexibility index (Phi) is 4.68. The van der Waals surface area contributed by atoms with Crippen LogP contribution in [0, 0.1) is 11.8 Å². The van der Waals surface area contributed by atoms with E-state index in [1.165, 1.54) is 25.7 Å². The van der Waals surface area contributed by atoms with Gasteiger partial charge in [0.15, 0.2) is 5.82 Å². The summed E-state index contributed by atoms with van der Waals surface area (Å²) in [5.41, 5.74) is 2.79. The largest absolute Gasteiger partial charge is 0.392 e. The number of aliphatic hydroxyl groups excluding tert-OH is 1. The number of nitrogens with one attached hydrogen (secondary N) is 1. The molecule has 2 saturated carbocycles. The number of rotatable bonds is 7. The first-order valence-electron chi connectivity index (χ1n) is 9.40. The Balaban J connectivity index is 1.69. The first-order chi connectivity index (χ1) is 12.6. The van der Waals surface area contributed by atoms with E-state index in [0.29, 0.717) is 35.6 Å². The second-order valence-corrected chi connectivity index (χ2v) is 7.44. The monoisotopic (exact) mass is 351 g/mol. The van der Waals surface area contributed by atoms with Crippen LogP contribution in [0.15, 0.2) is 29.3 Å². The van der Waals surface area contributed by atoms with E-state index in [-0.39, 0.29) is 6.61 Å². The van der Waals surface area contributed by atoms with E-state index in [1.54, 1.807) is 0 Å². The summed E-state index contributed by atoms with van der Waals surface area (Å²) in [7, 11) is 0. The molecule has 4 rings (SSSR count). The average molecular weight is 351 g/mol. The minimum Gasteiger partial charge on any atom is -0.392 e. The van der Waals surface area contributed by atoms with Crippen LogP contribution in [0.25, 0.3) is 11.4 Å². The van der Waals surface area contributed by atoms with Gasteiger partial charge in [0, 0.05) is 17.3 Å². The minimum absolute atomic E-state index is 0.00541. The quantitative estimate of drug-likeness (QED) is 0.742. The highest BCUT2D eigenvalue weighted by molar-refractivity contribution is 5.88. The maximum atomic E-state index is 9.40. The SMILES string of the molecule is C/C(=N\c1nc(N[C@H](C)C2CC2)nc(-c2cccc(CO)c2)n1)C1CC1. The summed E-state index contributed by atoms with van der Waals surface area (Å²) < 4.78 is 0. The summed E-state index contributed by atoms with van der Waals surface area (Å²) in [6.07, 6.45) is 4.93. The Morgan fingerprint density at radius 3 is 2.73 bits per heavy atom. The number of benzene rings is 1. The van der Waals surface area contributed by atoms with Crippen LogP contribution in [0.2, 0.25) is 0 Å². The number of aliphatic imine (C=N–C) groups is 1. The molecule has 2 N–H and O–H groups in total. The van der Waals surface area contributed by atoms with E-state index in [1.807, 2.05) is 31.2 Å². The first-order valence-corrected chi connectivity index (χ1v) is 9.40. The van der Waals surface area contributed by atoms with Gasteiger partial charge in [-0.15, -0.1) is 0 Å². The summed E-state index contributed by atoms with van der Waals surface area (Å²) in [6, 6.07) is 7.99. The van der Waals surface area contributed by atoms with Crippen molar-refractivity contribution in [2.75, 3.05) is 5.32 Å². The maximum absolute atomic E-state index is 9.40. The van der Waals surface area contributed by atoms with Crippen molar-refractivity contribution in [3.63, 3.8) is 0 Å². The Morgan fingerprint density at radius 2 is 2.04 bits per heavy atom. The lowest BCUT2D eigenvalue weighted by Crippen LogP contribution is -2.19. The van der Waals surface area contributed by atoms with Gasteiger partial charge in [-0.1, -0.05) is 18.2 Å². The lowest BCUT2D eigenvalue weighted by atomic mass is 10.1. The minimum atomic E-state index is -0.00541. The van der Waals surface area contributed by atoms with Crippen LogP contribution < -0.4 is 5.32 Å². The highest BCUT2D eigenvalue weighted by Crippen LogP contribution is 2.34. The second-order valence-electron chi connectivity index (χ2n) is 7.44.